The van der Waals surface area contributed by atoms with Crippen molar-refractivity contribution in [1.82, 2.24) is 0 Å². The highest BCUT2D eigenvalue weighted by molar-refractivity contribution is 7.99. The van der Waals surface area contributed by atoms with Crippen molar-refractivity contribution in [2.24, 2.45) is 0 Å². The molecule has 0 bridgehead atoms. The van der Waals surface area contributed by atoms with Crippen LogP contribution in [0.1, 0.15) is 25.3 Å². The maximum Gasteiger partial charge on any atom is 0.311 e. The fraction of sp³-hybridized carbons (Fsp3) is 0.208. The lowest BCUT2D eigenvalue weighted by Gasteiger charge is -2.09. The Morgan fingerprint density at radius 2 is 1.71 bits per heavy atom. The largest absolute Gasteiger partial charge is 0.427 e. The van der Waals surface area contributed by atoms with Crippen LogP contribution in [0.3, 0.4) is 0 Å². The van der Waals surface area contributed by atoms with E-state index in [2.05, 4.69) is 53.8 Å². The molecule has 1 N–H and O–H groups in total. The first-order valence-electron chi connectivity index (χ1n) is 9.59. The number of nitrogens with one attached hydrogen (secondary N) is 1. The number of hydrogen-bond donors (Lipinski definition) is 1. The molecule has 3 nitrogen and oxygen atoms in total. The van der Waals surface area contributed by atoms with E-state index in [4.69, 9.17) is 4.74 Å². The third-order valence-electron chi connectivity index (χ3n) is 4.16. The number of benzene rings is 3. The summed E-state index contributed by atoms with van der Waals surface area (Å²) in [6, 6.07) is 26.5. The molecule has 28 heavy (non-hydrogen) atoms. The zero-order valence-corrected chi connectivity index (χ0v) is 16.9. The Morgan fingerprint density at radius 1 is 0.929 bits per heavy atom. The first-order chi connectivity index (χ1) is 13.7. The van der Waals surface area contributed by atoms with E-state index in [9.17, 15) is 4.79 Å². The third-order valence-corrected chi connectivity index (χ3v) is 5.16. The smallest absolute Gasteiger partial charge is 0.311 e. The number of anilines is 1. The zero-order chi connectivity index (χ0) is 19.6. The second-order valence-corrected chi connectivity index (χ2v) is 7.63. The van der Waals surface area contributed by atoms with Crippen LogP contribution in [0.15, 0.2) is 88.7 Å². The van der Waals surface area contributed by atoms with E-state index in [-0.39, 0.29) is 5.97 Å². The molecule has 3 aromatic carbocycles. The molecule has 0 atom stereocenters. The number of rotatable bonds is 9. The first-order valence-corrected chi connectivity index (χ1v) is 10.4. The average Bonchev–Trinajstić information content (AvgIpc) is 2.71. The highest BCUT2D eigenvalue weighted by Gasteiger charge is 2.04. The Labute approximate surface area is 171 Å². The van der Waals surface area contributed by atoms with Gasteiger partial charge in [-0.3, -0.25) is 4.79 Å². The number of hydrogen-bond acceptors (Lipinski definition) is 4. The van der Waals surface area contributed by atoms with Crippen LogP contribution in [-0.4, -0.2) is 12.5 Å². The Bertz CT molecular complexity index is 879. The molecule has 0 spiro atoms. The van der Waals surface area contributed by atoms with E-state index in [0.29, 0.717) is 12.2 Å². The summed E-state index contributed by atoms with van der Waals surface area (Å²) in [5.74, 6) is 0.413. The van der Waals surface area contributed by atoms with Gasteiger partial charge in [0.15, 0.2) is 0 Å². The van der Waals surface area contributed by atoms with Crippen LogP contribution in [0.25, 0.3) is 0 Å². The quantitative estimate of drug-likeness (QED) is 0.348. The summed E-state index contributed by atoms with van der Waals surface area (Å²) in [4.78, 5) is 13.8. The molecule has 0 unspecified atom stereocenters. The minimum Gasteiger partial charge on any atom is -0.427 e. The van der Waals surface area contributed by atoms with Crippen LogP contribution in [0.2, 0.25) is 0 Å². The van der Waals surface area contributed by atoms with Crippen LogP contribution < -0.4 is 10.1 Å². The first kappa shape index (κ1) is 20.0. The zero-order valence-electron chi connectivity index (χ0n) is 16.1. The Morgan fingerprint density at radius 3 is 2.46 bits per heavy atom. The summed E-state index contributed by atoms with van der Waals surface area (Å²) < 4.78 is 5.30. The molecule has 0 aliphatic carbocycles. The molecule has 0 aliphatic heterocycles. The molecular weight excluding hydrogens is 366 g/mol. The molecule has 0 radical (unpaired) electrons. The summed E-state index contributed by atoms with van der Waals surface area (Å²) in [5.41, 5.74) is 2.45. The van der Waals surface area contributed by atoms with Crippen LogP contribution in [-0.2, 0) is 11.2 Å². The summed E-state index contributed by atoms with van der Waals surface area (Å²) in [7, 11) is 0. The van der Waals surface area contributed by atoms with Crippen LogP contribution in [0.5, 0.6) is 5.75 Å². The Balaban J connectivity index is 1.53. The van der Waals surface area contributed by atoms with Gasteiger partial charge in [-0.15, -0.1) is 0 Å². The lowest BCUT2D eigenvalue weighted by molar-refractivity contribution is -0.134. The van der Waals surface area contributed by atoms with Crippen molar-refractivity contribution in [2.45, 2.75) is 36.0 Å². The molecule has 0 aromatic heterocycles. The molecule has 0 amide bonds. The number of esters is 1. The van der Waals surface area contributed by atoms with Crippen LogP contribution >= 0.6 is 11.8 Å². The maximum absolute atomic E-state index is 11.6. The standard InChI is InChI=1S/C24H25NO2S/c1-2-7-24(26)27-21-12-14-22(15-13-21)28-23-11-6-10-20(18-23)25-17-16-19-8-4-3-5-9-19/h3-6,8-15,18,25H,2,7,16-17H2,1H3. The minimum absolute atomic E-state index is 0.183. The van der Waals surface area contributed by atoms with E-state index in [1.165, 1.54) is 10.5 Å². The van der Waals surface area contributed by atoms with E-state index in [0.717, 1.165) is 30.0 Å². The van der Waals surface area contributed by atoms with Crippen LogP contribution in [0, 0.1) is 0 Å². The van der Waals surface area contributed by atoms with E-state index >= 15 is 0 Å². The second kappa shape index (κ2) is 10.6. The van der Waals surface area contributed by atoms with Crippen molar-refractivity contribution >= 4 is 23.4 Å². The number of carbonyl (C=O) groups is 1. The predicted octanol–water partition coefficient (Wildman–Crippen LogP) is 6.20. The lowest BCUT2D eigenvalue weighted by atomic mass is 10.1. The average molecular weight is 392 g/mol. The Kier molecular flexibility index (Phi) is 7.56. The summed E-state index contributed by atoms with van der Waals surface area (Å²) in [6.45, 7) is 2.86. The van der Waals surface area contributed by atoms with Gasteiger partial charge in [-0.25, -0.2) is 0 Å². The highest BCUT2D eigenvalue weighted by atomic mass is 32.2. The molecule has 3 aromatic rings. The molecule has 0 heterocycles. The second-order valence-electron chi connectivity index (χ2n) is 6.49. The number of ether oxygens (including phenoxy) is 1. The van der Waals surface area contributed by atoms with E-state index in [1.54, 1.807) is 11.8 Å². The van der Waals surface area contributed by atoms with Gasteiger partial charge in [0, 0.05) is 28.4 Å². The topological polar surface area (TPSA) is 38.3 Å². The van der Waals surface area contributed by atoms with Gasteiger partial charge in [-0.1, -0.05) is 55.1 Å². The fourth-order valence-electron chi connectivity index (χ4n) is 2.76. The van der Waals surface area contributed by atoms with Gasteiger partial charge in [-0.05, 0) is 60.9 Å². The highest BCUT2D eigenvalue weighted by Crippen LogP contribution is 2.30. The third kappa shape index (κ3) is 6.46. The van der Waals surface area contributed by atoms with Gasteiger partial charge in [0.2, 0.25) is 0 Å². The van der Waals surface area contributed by atoms with Gasteiger partial charge in [0.1, 0.15) is 5.75 Å². The van der Waals surface area contributed by atoms with Crippen molar-refractivity contribution < 1.29 is 9.53 Å². The molecule has 0 fully saturated rings. The minimum atomic E-state index is -0.183. The summed E-state index contributed by atoms with van der Waals surface area (Å²) >= 11 is 1.69. The van der Waals surface area contributed by atoms with Crippen molar-refractivity contribution in [3.05, 3.63) is 84.4 Å². The molecule has 144 valence electrons. The van der Waals surface area contributed by atoms with Crippen molar-refractivity contribution in [3.8, 4) is 5.75 Å². The SMILES string of the molecule is CCCC(=O)Oc1ccc(Sc2cccc(NCCc3ccccc3)c2)cc1. The normalized spacial score (nSPS) is 10.5. The molecule has 0 saturated heterocycles. The van der Waals surface area contributed by atoms with Crippen molar-refractivity contribution in [1.29, 1.82) is 0 Å². The maximum atomic E-state index is 11.6. The summed E-state index contributed by atoms with van der Waals surface area (Å²) in [6.07, 6.45) is 2.24. The molecule has 4 heteroatoms. The van der Waals surface area contributed by atoms with Gasteiger partial charge in [-0.2, -0.15) is 0 Å². The van der Waals surface area contributed by atoms with E-state index in [1.807, 2.05) is 37.3 Å². The monoisotopic (exact) mass is 391 g/mol. The van der Waals surface area contributed by atoms with Gasteiger partial charge in [0.05, 0.1) is 0 Å². The van der Waals surface area contributed by atoms with Gasteiger partial charge < -0.3 is 10.1 Å². The fourth-order valence-corrected chi connectivity index (χ4v) is 3.64. The number of carbonyl (C=O) groups excluding carboxylic acids is 1. The Hall–Kier alpha value is -2.72. The lowest BCUT2D eigenvalue weighted by Crippen LogP contribution is -2.06. The van der Waals surface area contributed by atoms with Crippen molar-refractivity contribution in [3.63, 3.8) is 0 Å². The van der Waals surface area contributed by atoms with Crippen molar-refractivity contribution in [2.75, 3.05) is 11.9 Å². The molecule has 3 rings (SSSR count). The molecule has 0 saturated carbocycles. The van der Waals surface area contributed by atoms with Gasteiger partial charge >= 0.3 is 5.97 Å². The van der Waals surface area contributed by atoms with Gasteiger partial charge in [0.25, 0.3) is 0 Å². The molecule has 0 aliphatic rings. The van der Waals surface area contributed by atoms with Crippen LogP contribution in [0.4, 0.5) is 5.69 Å². The predicted molar refractivity (Wildman–Crippen MR) is 116 cm³/mol. The molecular formula is C24H25NO2S. The summed E-state index contributed by atoms with van der Waals surface area (Å²) in [5, 5.41) is 3.49. The van der Waals surface area contributed by atoms with E-state index < -0.39 is 0 Å².